The fraction of sp³-hybridized carbons (Fsp3) is 0.222. The zero-order valence-corrected chi connectivity index (χ0v) is 14.5. The standard InChI is InChI=1S/C18H18BrN3O/c1-2-3-12-23-16-6-4-15(5-7-16)22-13-17(19)18(21-22)14-8-10-20-11-9-14/h4-11,13H,2-3,12H2,1H3. The van der Waals surface area contributed by atoms with Crippen LogP contribution in [0.3, 0.4) is 0 Å². The molecule has 0 aliphatic heterocycles. The second kappa shape index (κ2) is 7.42. The Morgan fingerprint density at radius 3 is 2.52 bits per heavy atom. The van der Waals surface area contributed by atoms with Gasteiger partial charge in [-0.05, 0) is 58.7 Å². The normalized spacial score (nSPS) is 10.7. The number of pyridine rings is 1. The van der Waals surface area contributed by atoms with Crippen molar-refractivity contribution < 1.29 is 4.74 Å². The Labute approximate surface area is 144 Å². The molecule has 0 amide bonds. The molecule has 2 aromatic heterocycles. The van der Waals surface area contributed by atoms with E-state index in [-0.39, 0.29) is 0 Å². The van der Waals surface area contributed by atoms with Crippen LogP contribution in [0.4, 0.5) is 0 Å². The Bertz CT molecular complexity index is 754. The fourth-order valence-corrected chi connectivity index (χ4v) is 2.72. The lowest BCUT2D eigenvalue weighted by atomic mass is 10.2. The van der Waals surface area contributed by atoms with Gasteiger partial charge in [0.25, 0.3) is 0 Å². The molecule has 2 heterocycles. The predicted octanol–water partition coefficient (Wildman–Crippen LogP) is 4.88. The van der Waals surface area contributed by atoms with Crippen LogP contribution >= 0.6 is 15.9 Å². The Morgan fingerprint density at radius 2 is 1.83 bits per heavy atom. The van der Waals surface area contributed by atoms with E-state index in [1.54, 1.807) is 12.4 Å². The molecule has 118 valence electrons. The highest BCUT2D eigenvalue weighted by Crippen LogP contribution is 2.27. The van der Waals surface area contributed by atoms with E-state index in [4.69, 9.17) is 4.74 Å². The lowest BCUT2D eigenvalue weighted by Gasteiger charge is -2.06. The van der Waals surface area contributed by atoms with Crippen molar-refractivity contribution >= 4 is 15.9 Å². The topological polar surface area (TPSA) is 39.9 Å². The van der Waals surface area contributed by atoms with E-state index < -0.39 is 0 Å². The van der Waals surface area contributed by atoms with Crippen LogP contribution in [0, 0.1) is 0 Å². The van der Waals surface area contributed by atoms with Gasteiger partial charge in [0.1, 0.15) is 11.4 Å². The van der Waals surface area contributed by atoms with Gasteiger partial charge in [-0.3, -0.25) is 4.98 Å². The first kappa shape index (κ1) is 15.7. The van der Waals surface area contributed by atoms with Crippen molar-refractivity contribution in [1.29, 1.82) is 0 Å². The van der Waals surface area contributed by atoms with Crippen molar-refractivity contribution in [3.8, 4) is 22.7 Å². The molecule has 0 saturated carbocycles. The number of hydrogen-bond acceptors (Lipinski definition) is 3. The Hall–Kier alpha value is -2.14. The minimum Gasteiger partial charge on any atom is -0.494 e. The van der Waals surface area contributed by atoms with Crippen LogP contribution in [0.2, 0.25) is 0 Å². The average molecular weight is 372 g/mol. The maximum Gasteiger partial charge on any atom is 0.119 e. The molecule has 0 unspecified atom stereocenters. The largest absolute Gasteiger partial charge is 0.494 e. The second-order valence-electron chi connectivity index (χ2n) is 5.20. The van der Waals surface area contributed by atoms with E-state index in [1.165, 1.54) is 0 Å². The summed E-state index contributed by atoms with van der Waals surface area (Å²) in [5, 5.41) is 4.66. The predicted molar refractivity (Wildman–Crippen MR) is 94.9 cm³/mol. The Morgan fingerprint density at radius 1 is 1.09 bits per heavy atom. The molecule has 0 N–H and O–H groups in total. The molecule has 0 fully saturated rings. The number of hydrogen-bond donors (Lipinski definition) is 0. The summed E-state index contributed by atoms with van der Waals surface area (Å²) in [6, 6.07) is 11.9. The number of unbranched alkanes of at least 4 members (excludes halogenated alkanes) is 1. The SMILES string of the molecule is CCCCOc1ccc(-n2cc(Br)c(-c3ccncc3)n2)cc1. The van der Waals surface area contributed by atoms with E-state index in [0.717, 1.165) is 46.6 Å². The molecule has 4 nitrogen and oxygen atoms in total. The molecule has 1 aromatic carbocycles. The van der Waals surface area contributed by atoms with E-state index in [9.17, 15) is 0 Å². The third-order valence-corrected chi connectivity index (χ3v) is 4.07. The molecule has 0 atom stereocenters. The van der Waals surface area contributed by atoms with Crippen LogP contribution in [0.15, 0.2) is 59.5 Å². The number of halogens is 1. The fourth-order valence-electron chi connectivity index (χ4n) is 2.22. The van der Waals surface area contributed by atoms with Crippen molar-refractivity contribution in [3.05, 3.63) is 59.5 Å². The van der Waals surface area contributed by atoms with E-state index in [1.807, 2.05) is 47.3 Å². The zero-order chi connectivity index (χ0) is 16.1. The molecule has 5 heteroatoms. The molecule has 0 aliphatic carbocycles. The lowest BCUT2D eigenvalue weighted by molar-refractivity contribution is 0.309. The summed E-state index contributed by atoms with van der Waals surface area (Å²) in [4.78, 5) is 4.04. The first-order valence-corrected chi connectivity index (χ1v) is 8.46. The Balaban J connectivity index is 1.80. The van der Waals surface area contributed by atoms with Gasteiger partial charge in [-0.25, -0.2) is 4.68 Å². The molecule has 0 radical (unpaired) electrons. The van der Waals surface area contributed by atoms with Crippen molar-refractivity contribution in [3.63, 3.8) is 0 Å². The van der Waals surface area contributed by atoms with Gasteiger partial charge < -0.3 is 4.74 Å². The third-order valence-electron chi connectivity index (χ3n) is 3.49. The number of benzene rings is 1. The molecule has 0 bridgehead atoms. The number of nitrogens with zero attached hydrogens (tertiary/aromatic N) is 3. The molecular formula is C18H18BrN3O. The van der Waals surface area contributed by atoms with Gasteiger partial charge in [0.05, 0.1) is 16.8 Å². The van der Waals surface area contributed by atoms with E-state index in [2.05, 4.69) is 32.9 Å². The van der Waals surface area contributed by atoms with Crippen LogP contribution in [0.25, 0.3) is 16.9 Å². The minimum absolute atomic E-state index is 0.759. The molecule has 3 rings (SSSR count). The third kappa shape index (κ3) is 3.79. The highest BCUT2D eigenvalue weighted by Gasteiger charge is 2.10. The molecule has 23 heavy (non-hydrogen) atoms. The van der Waals surface area contributed by atoms with E-state index in [0.29, 0.717) is 0 Å². The van der Waals surface area contributed by atoms with Gasteiger partial charge in [0.2, 0.25) is 0 Å². The maximum atomic E-state index is 5.69. The van der Waals surface area contributed by atoms with Crippen molar-refractivity contribution in [1.82, 2.24) is 14.8 Å². The summed E-state index contributed by atoms with van der Waals surface area (Å²) in [5.74, 6) is 0.891. The van der Waals surface area contributed by atoms with Crippen LogP contribution < -0.4 is 4.74 Å². The molecule has 3 aromatic rings. The van der Waals surface area contributed by atoms with Crippen LogP contribution in [0.5, 0.6) is 5.75 Å². The number of ether oxygens (including phenoxy) is 1. The van der Waals surface area contributed by atoms with Gasteiger partial charge in [-0.1, -0.05) is 13.3 Å². The zero-order valence-electron chi connectivity index (χ0n) is 12.9. The molecule has 0 aliphatic rings. The van der Waals surface area contributed by atoms with Crippen molar-refractivity contribution in [2.24, 2.45) is 0 Å². The summed E-state index contributed by atoms with van der Waals surface area (Å²) in [6.45, 7) is 2.91. The van der Waals surface area contributed by atoms with Crippen molar-refractivity contribution in [2.45, 2.75) is 19.8 Å². The Kier molecular flexibility index (Phi) is 5.08. The highest BCUT2D eigenvalue weighted by molar-refractivity contribution is 9.10. The van der Waals surface area contributed by atoms with Gasteiger partial charge >= 0.3 is 0 Å². The summed E-state index contributed by atoms with van der Waals surface area (Å²) in [7, 11) is 0. The van der Waals surface area contributed by atoms with E-state index >= 15 is 0 Å². The lowest BCUT2D eigenvalue weighted by Crippen LogP contribution is -1.98. The van der Waals surface area contributed by atoms with Gasteiger partial charge in [0, 0.05) is 24.2 Å². The monoisotopic (exact) mass is 371 g/mol. The van der Waals surface area contributed by atoms with Gasteiger partial charge in [-0.15, -0.1) is 0 Å². The molecule has 0 spiro atoms. The summed E-state index contributed by atoms with van der Waals surface area (Å²) < 4.78 is 8.50. The van der Waals surface area contributed by atoms with Gasteiger partial charge in [-0.2, -0.15) is 5.10 Å². The first-order valence-electron chi connectivity index (χ1n) is 7.66. The first-order chi connectivity index (χ1) is 11.3. The second-order valence-corrected chi connectivity index (χ2v) is 6.06. The summed E-state index contributed by atoms with van der Waals surface area (Å²) in [5.41, 5.74) is 2.93. The average Bonchev–Trinajstić information content (AvgIpc) is 2.98. The number of rotatable bonds is 6. The highest BCUT2D eigenvalue weighted by atomic mass is 79.9. The minimum atomic E-state index is 0.759. The van der Waals surface area contributed by atoms with Crippen LogP contribution in [-0.2, 0) is 0 Å². The molecular weight excluding hydrogens is 354 g/mol. The quantitative estimate of drug-likeness (QED) is 0.580. The summed E-state index contributed by atoms with van der Waals surface area (Å²) in [6.07, 6.45) is 7.70. The smallest absolute Gasteiger partial charge is 0.119 e. The van der Waals surface area contributed by atoms with Crippen molar-refractivity contribution in [2.75, 3.05) is 6.61 Å². The molecule has 0 saturated heterocycles. The number of aromatic nitrogens is 3. The van der Waals surface area contributed by atoms with Crippen LogP contribution in [0.1, 0.15) is 19.8 Å². The van der Waals surface area contributed by atoms with Crippen LogP contribution in [-0.4, -0.2) is 21.4 Å². The van der Waals surface area contributed by atoms with Gasteiger partial charge in [0.15, 0.2) is 0 Å². The maximum absolute atomic E-state index is 5.69. The summed E-state index contributed by atoms with van der Waals surface area (Å²) >= 11 is 3.58.